The van der Waals surface area contributed by atoms with Crippen molar-refractivity contribution in [3.05, 3.63) is 54.1 Å². The van der Waals surface area contributed by atoms with E-state index in [1.54, 1.807) is 19.1 Å². The Labute approximate surface area is 620 Å². The molecule has 2 aliphatic carbocycles. The minimum Gasteiger partial charge on any atom is -0.544 e. The number of benzene rings is 2. The van der Waals surface area contributed by atoms with Gasteiger partial charge >= 0.3 is 61.4 Å². The van der Waals surface area contributed by atoms with Crippen molar-refractivity contribution in [2.24, 2.45) is 10.8 Å². The highest BCUT2D eigenvalue weighted by atomic mass is 16.8. The maximum Gasteiger partial charge on any atom is 0.604 e. The molecular weight excluding hydrogens is 1290 g/mol. The summed E-state index contributed by atoms with van der Waals surface area (Å²) in [5.41, 5.74) is 0.791. The predicted molar refractivity (Wildman–Crippen MR) is 414 cm³/mol. The Balaban J connectivity index is 0.000000188. The molecular formula is C76H135B7NO18-. The Hall–Kier alpha value is -3.25. The molecule has 1 unspecified atom stereocenters. The van der Waals surface area contributed by atoms with E-state index < -0.39 is 19.2 Å². The minimum atomic E-state index is -1.49. The normalized spacial score (nSPS) is 26.3. The molecule has 2 aromatic rings. The molecule has 0 amide bonds. The summed E-state index contributed by atoms with van der Waals surface area (Å²) in [7, 11) is 2.05. The van der Waals surface area contributed by atoms with Crippen LogP contribution in [-0.4, -0.2) is 155 Å². The number of carbonyl (C=O) groups is 2. The molecule has 9 aliphatic heterocycles. The number of ether oxygens (including phenoxy) is 1. The Morgan fingerprint density at radius 3 is 1.12 bits per heavy atom. The van der Waals surface area contributed by atoms with Crippen LogP contribution in [0.2, 0.25) is 37.2 Å². The van der Waals surface area contributed by atoms with Crippen LogP contribution in [0.3, 0.4) is 0 Å². The second-order valence-corrected chi connectivity index (χ2v) is 40.5. The lowest BCUT2D eigenvalue weighted by Gasteiger charge is -2.62. The first-order valence-corrected chi connectivity index (χ1v) is 37.8. The lowest BCUT2D eigenvalue weighted by atomic mass is 9.51. The number of fused-ring (bicyclic) bond motifs is 5. The van der Waals surface area contributed by atoms with E-state index in [0.717, 1.165) is 55.8 Å². The fourth-order valence-electron chi connectivity index (χ4n) is 13.1. The quantitative estimate of drug-likeness (QED) is 0.258. The fraction of sp³-hybridized carbons (Fsp3) is 0.816. The van der Waals surface area contributed by atoms with E-state index in [4.69, 9.17) is 74.6 Å². The van der Waals surface area contributed by atoms with Crippen LogP contribution in [0.4, 0.5) is 0 Å². The molecule has 2 saturated carbocycles. The molecule has 0 aromatic heterocycles. The summed E-state index contributed by atoms with van der Waals surface area (Å²) >= 11 is 0. The van der Waals surface area contributed by atoms with Gasteiger partial charge in [-0.1, -0.05) is 221 Å². The van der Waals surface area contributed by atoms with Crippen molar-refractivity contribution in [1.82, 2.24) is 4.90 Å². The van der Waals surface area contributed by atoms with Gasteiger partial charge in [0.15, 0.2) is 0 Å². The van der Waals surface area contributed by atoms with Crippen LogP contribution in [0, 0.1) is 10.8 Å². The van der Waals surface area contributed by atoms with Crippen LogP contribution >= 0.6 is 0 Å². The molecule has 9 heterocycles. The monoisotopic (exact) mass is 1430 g/mol. The Bertz CT molecular complexity index is 2900. The largest absolute Gasteiger partial charge is 0.604 e. The first-order valence-electron chi connectivity index (χ1n) is 37.8. The third kappa shape index (κ3) is 22.9. The van der Waals surface area contributed by atoms with Gasteiger partial charge in [0.1, 0.15) is 17.2 Å². The van der Waals surface area contributed by atoms with E-state index in [0.29, 0.717) is 0 Å². The molecule has 574 valence electrons. The molecule has 102 heavy (non-hydrogen) atoms. The highest BCUT2D eigenvalue weighted by Gasteiger charge is 2.65. The summed E-state index contributed by atoms with van der Waals surface area (Å²) in [6.45, 7) is 65.6. The Kier molecular flexibility index (Phi) is 27.9. The molecule has 2 bridgehead atoms. The lowest BCUT2D eigenvalue weighted by Crippen LogP contribution is -2.66. The van der Waals surface area contributed by atoms with Crippen LogP contribution in [-0.2, 0) is 70.1 Å². The average molecular weight is 1430 g/mol. The van der Waals surface area contributed by atoms with E-state index in [-0.39, 0.29) is 137 Å². The van der Waals surface area contributed by atoms with Crippen LogP contribution in [0.25, 0.3) is 0 Å². The zero-order valence-electron chi connectivity index (χ0n) is 69.6. The van der Waals surface area contributed by atoms with Crippen LogP contribution in [0.1, 0.15) is 271 Å². The molecule has 1 atom stereocenters. The number of likely N-dealkylation sites (N-methyl/N-ethyl adjacent to an activating group) is 1. The second kappa shape index (κ2) is 32.5. The van der Waals surface area contributed by atoms with Gasteiger partial charge < -0.3 is 74.6 Å². The van der Waals surface area contributed by atoms with Crippen molar-refractivity contribution in [3.63, 3.8) is 0 Å². The fourth-order valence-corrected chi connectivity index (χ4v) is 13.1. The molecule has 0 N–H and O–H groups in total. The summed E-state index contributed by atoms with van der Waals surface area (Å²) in [5.74, 6) is 1.81. The molecule has 19 nitrogen and oxygen atoms in total. The zero-order valence-corrected chi connectivity index (χ0v) is 69.6. The van der Waals surface area contributed by atoms with Crippen molar-refractivity contribution in [3.8, 4) is 17.2 Å². The van der Waals surface area contributed by atoms with Crippen LogP contribution < -0.4 is 14.0 Å². The first kappa shape index (κ1) is 87.7. The van der Waals surface area contributed by atoms with Gasteiger partial charge in [-0.25, -0.2) is 0 Å². The lowest BCUT2D eigenvalue weighted by molar-refractivity contribution is -0.146. The number of para-hydroxylation sites is 2. The van der Waals surface area contributed by atoms with Gasteiger partial charge in [0.2, 0.25) is 0 Å². The number of rotatable bonds is 2. The summed E-state index contributed by atoms with van der Waals surface area (Å²) in [5, 5.41) is -0.246. The molecule has 8 saturated heterocycles. The van der Waals surface area contributed by atoms with Gasteiger partial charge in [-0.3, -0.25) is 14.5 Å². The van der Waals surface area contributed by atoms with Gasteiger partial charge in [0.25, 0.3) is 0 Å². The standard InChI is InChI=1S/C15H23BO3.C14H25BO2.C10H13BO2.C10H21BO2.C9H16BNO4.C9H18BO3.C9H19BO2/c1-14(2,3)16-18-13(15(4,5)19-16)11-7-9-12(17-6)10-8-11;1-12(2,3)15-16-13(8-4-5-9-13)14(17-15)10-6-7-11-14;1-10(2,3)11-12-8-6-4-5-7-9(8)13-11;1-8(2,3)11-12-9(4,5)10(6,7)13-11;1-9(2,3)10-14-7(12)5-11(4)6-8(13)15-10;1-8(2,3)10-11-5-9(4,6-12-10)7-13-10;1-8(2,3)10-11-6-9(4,5)7-12-10/h7-10,13H,1-6H3;4-11H2,1-3H3;4-7H,1-3H3;1-7H3;5-6H2,1-4H3;5-7H2,1-4H3;6-7H2,1-5H3/q;;;;;-1;. The molecule has 2 aromatic carbocycles. The van der Waals surface area contributed by atoms with Crippen molar-refractivity contribution in [2.75, 3.05) is 60.3 Å². The van der Waals surface area contributed by atoms with Gasteiger partial charge in [-0.2, -0.15) is 0 Å². The topological polar surface area (TPSA) is 185 Å². The van der Waals surface area contributed by atoms with E-state index in [2.05, 4.69) is 187 Å². The third-order valence-corrected chi connectivity index (χ3v) is 20.4. The van der Waals surface area contributed by atoms with E-state index in [1.807, 2.05) is 69.3 Å². The second-order valence-electron chi connectivity index (χ2n) is 40.5. The highest BCUT2D eigenvalue weighted by Crippen LogP contribution is 2.58. The third-order valence-electron chi connectivity index (χ3n) is 20.4. The van der Waals surface area contributed by atoms with Crippen molar-refractivity contribution >= 4 is 61.4 Å². The van der Waals surface area contributed by atoms with Crippen molar-refractivity contribution < 1.29 is 84.1 Å². The number of hydrogen-bond acceptors (Lipinski definition) is 19. The summed E-state index contributed by atoms with van der Waals surface area (Å²) in [6, 6.07) is 15.8. The van der Waals surface area contributed by atoms with Gasteiger partial charge in [0.05, 0.1) is 54.3 Å². The van der Waals surface area contributed by atoms with E-state index >= 15 is 0 Å². The molecule has 13 rings (SSSR count). The molecule has 26 heteroatoms. The Morgan fingerprint density at radius 2 is 0.794 bits per heavy atom. The molecule has 11 aliphatic rings. The number of methoxy groups -OCH3 is 1. The highest BCUT2D eigenvalue weighted by molar-refractivity contribution is 6.64. The summed E-state index contributed by atoms with van der Waals surface area (Å²) < 4.78 is 92.2. The molecule has 2 spiro atoms. The average Bonchev–Trinajstić information content (AvgIpc) is 1.55. The summed E-state index contributed by atoms with van der Waals surface area (Å²) in [4.78, 5) is 24.3. The predicted octanol–water partition coefficient (Wildman–Crippen LogP) is 17.9. The number of nitrogens with zero attached hydrogens (tertiary/aromatic N) is 1. The SMILES string of the molecule is CC(C)(C)B1OC(C)(C)C(C)(C)O1.CC(C)(C)B1OC2(CCCC2)C2(CCCC2)O1.CC(C)(C)B1Oc2ccccc2O1.CC1(C)COB(C(C)(C)C)OC1.CC12CO[B-](C(C)(C)C)(OC1)OC2.CN1CC(=O)OB(C(C)(C)C)OC(=O)C1.COc1ccc(C2OB(C(C)(C)C)OC2(C)C)cc1. The zero-order chi connectivity index (χ0) is 77.2. The number of hydrogen-bond donors (Lipinski definition) is 0. The van der Waals surface area contributed by atoms with Gasteiger partial charge in [0, 0.05) is 54.5 Å². The Morgan fingerprint density at radius 1 is 0.441 bits per heavy atom. The van der Waals surface area contributed by atoms with E-state index in [9.17, 15) is 9.59 Å². The molecule has 0 radical (unpaired) electrons. The van der Waals surface area contributed by atoms with Crippen LogP contribution in [0.15, 0.2) is 48.5 Å². The smallest absolute Gasteiger partial charge is 0.544 e. The van der Waals surface area contributed by atoms with E-state index in [1.165, 1.54) is 51.4 Å². The van der Waals surface area contributed by atoms with Crippen molar-refractivity contribution in [2.45, 2.75) is 330 Å². The van der Waals surface area contributed by atoms with Gasteiger partial charge in [-0.15, -0.1) is 0 Å². The molecule has 10 fully saturated rings. The van der Waals surface area contributed by atoms with Gasteiger partial charge in [-0.05, 0) is 125 Å². The minimum absolute atomic E-state index is 0.00120. The first-order chi connectivity index (χ1) is 46.3. The maximum absolute atomic E-state index is 11.4. The maximum atomic E-state index is 11.4. The van der Waals surface area contributed by atoms with Crippen molar-refractivity contribution in [1.29, 1.82) is 0 Å². The summed E-state index contributed by atoms with van der Waals surface area (Å²) in [6.07, 6.45) is 10.1. The number of carbonyl (C=O) groups excluding carboxylic acids is 2. The van der Waals surface area contributed by atoms with Crippen LogP contribution in [0.5, 0.6) is 17.2 Å².